The minimum Gasteiger partial charge on any atom is -0.444 e. The summed E-state index contributed by atoms with van der Waals surface area (Å²) < 4.78 is 10.7. The number of nitrogens with one attached hydrogen (secondary N) is 1. The van der Waals surface area contributed by atoms with E-state index < -0.39 is 5.60 Å². The molecule has 1 rings (SSSR count). The van der Waals surface area contributed by atoms with Gasteiger partial charge in [0.2, 0.25) is 0 Å². The van der Waals surface area contributed by atoms with Crippen molar-refractivity contribution in [2.24, 2.45) is 5.92 Å². The Hall–Kier alpha value is -1.50. The average molecular weight is 329 g/mol. The number of hydrogen-bond donors (Lipinski definition) is 1. The molecule has 7 nitrogen and oxygen atoms in total. The lowest BCUT2D eigenvalue weighted by molar-refractivity contribution is -0.00364. The summed E-state index contributed by atoms with van der Waals surface area (Å²) in [5.41, 5.74) is -0.504. The van der Waals surface area contributed by atoms with Crippen LogP contribution in [-0.2, 0) is 9.47 Å². The number of amides is 3. The summed E-state index contributed by atoms with van der Waals surface area (Å²) >= 11 is 0. The SMILES string of the molecule is CC(CNC(=O)N1CCOC(C)C1)CN(C)C(=O)OC(C)(C)C. The highest BCUT2D eigenvalue weighted by Crippen LogP contribution is 2.10. The number of ether oxygens (including phenoxy) is 2. The predicted octanol–water partition coefficient (Wildman–Crippen LogP) is 1.92. The third-order valence-corrected chi connectivity index (χ3v) is 3.42. The Kier molecular flexibility index (Phi) is 7.12. The van der Waals surface area contributed by atoms with Crippen LogP contribution in [0.25, 0.3) is 0 Å². The van der Waals surface area contributed by atoms with Crippen LogP contribution in [0.15, 0.2) is 0 Å². The van der Waals surface area contributed by atoms with Crippen molar-refractivity contribution in [3.05, 3.63) is 0 Å². The van der Waals surface area contributed by atoms with Crippen LogP contribution in [0.3, 0.4) is 0 Å². The molecular weight excluding hydrogens is 298 g/mol. The molecule has 0 aromatic rings. The van der Waals surface area contributed by atoms with Crippen molar-refractivity contribution in [1.82, 2.24) is 15.1 Å². The zero-order chi connectivity index (χ0) is 17.6. The van der Waals surface area contributed by atoms with Gasteiger partial charge in [-0.2, -0.15) is 0 Å². The molecule has 1 saturated heterocycles. The van der Waals surface area contributed by atoms with Crippen molar-refractivity contribution < 1.29 is 19.1 Å². The lowest BCUT2D eigenvalue weighted by Gasteiger charge is -2.31. The number of carbonyl (C=O) groups excluding carboxylic acids is 2. The Bertz CT molecular complexity index is 409. The molecule has 0 aromatic heterocycles. The summed E-state index contributed by atoms with van der Waals surface area (Å²) in [5.74, 6) is 0.134. The van der Waals surface area contributed by atoms with Gasteiger partial charge in [0.05, 0.1) is 12.7 Å². The number of urea groups is 1. The first-order chi connectivity index (χ1) is 10.6. The largest absolute Gasteiger partial charge is 0.444 e. The van der Waals surface area contributed by atoms with Gasteiger partial charge in [0.25, 0.3) is 0 Å². The molecule has 0 aliphatic carbocycles. The minimum atomic E-state index is -0.504. The molecule has 1 N–H and O–H groups in total. The highest BCUT2D eigenvalue weighted by atomic mass is 16.6. The second kappa shape index (κ2) is 8.38. The molecule has 23 heavy (non-hydrogen) atoms. The van der Waals surface area contributed by atoms with Crippen molar-refractivity contribution >= 4 is 12.1 Å². The van der Waals surface area contributed by atoms with E-state index in [0.717, 1.165) is 0 Å². The van der Waals surface area contributed by atoms with Gasteiger partial charge in [0, 0.05) is 33.2 Å². The maximum atomic E-state index is 12.1. The summed E-state index contributed by atoms with van der Waals surface area (Å²) in [6.45, 7) is 12.3. The molecule has 1 aliphatic heterocycles. The van der Waals surface area contributed by atoms with E-state index in [-0.39, 0.29) is 24.1 Å². The van der Waals surface area contributed by atoms with E-state index >= 15 is 0 Å². The molecule has 1 fully saturated rings. The maximum absolute atomic E-state index is 12.1. The maximum Gasteiger partial charge on any atom is 0.410 e. The van der Waals surface area contributed by atoms with E-state index in [0.29, 0.717) is 32.8 Å². The molecule has 0 saturated carbocycles. The van der Waals surface area contributed by atoms with E-state index in [1.807, 2.05) is 34.6 Å². The van der Waals surface area contributed by atoms with Crippen LogP contribution in [0.2, 0.25) is 0 Å². The summed E-state index contributed by atoms with van der Waals surface area (Å²) in [5, 5.41) is 2.92. The summed E-state index contributed by atoms with van der Waals surface area (Å²) in [7, 11) is 1.70. The van der Waals surface area contributed by atoms with Crippen molar-refractivity contribution in [3.63, 3.8) is 0 Å². The van der Waals surface area contributed by atoms with E-state index in [4.69, 9.17) is 9.47 Å². The Morgan fingerprint density at radius 3 is 2.65 bits per heavy atom. The number of nitrogens with zero attached hydrogens (tertiary/aromatic N) is 2. The van der Waals surface area contributed by atoms with Crippen LogP contribution >= 0.6 is 0 Å². The number of morpholine rings is 1. The van der Waals surface area contributed by atoms with Gasteiger partial charge in [-0.25, -0.2) is 9.59 Å². The molecule has 0 bridgehead atoms. The van der Waals surface area contributed by atoms with Crippen LogP contribution in [0.4, 0.5) is 9.59 Å². The Balaban J connectivity index is 2.31. The van der Waals surface area contributed by atoms with E-state index in [2.05, 4.69) is 5.32 Å². The highest BCUT2D eigenvalue weighted by Gasteiger charge is 2.23. The second-order valence-electron chi connectivity index (χ2n) is 7.28. The number of carbonyl (C=O) groups is 2. The zero-order valence-corrected chi connectivity index (χ0v) is 15.2. The fraction of sp³-hybridized carbons (Fsp3) is 0.875. The van der Waals surface area contributed by atoms with Crippen molar-refractivity contribution in [2.45, 2.75) is 46.3 Å². The van der Waals surface area contributed by atoms with Crippen LogP contribution in [0.5, 0.6) is 0 Å². The van der Waals surface area contributed by atoms with Gasteiger partial charge >= 0.3 is 12.1 Å². The molecule has 1 heterocycles. The quantitative estimate of drug-likeness (QED) is 0.855. The summed E-state index contributed by atoms with van der Waals surface area (Å²) in [4.78, 5) is 27.3. The predicted molar refractivity (Wildman–Crippen MR) is 88.4 cm³/mol. The zero-order valence-electron chi connectivity index (χ0n) is 15.2. The molecule has 1 aliphatic rings. The average Bonchev–Trinajstić information content (AvgIpc) is 2.42. The minimum absolute atomic E-state index is 0.0743. The molecule has 0 aromatic carbocycles. The molecular formula is C16H31N3O4. The summed E-state index contributed by atoms with van der Waals surface area (Å²) in [6, 6.07) is -0.0769. The molecule has 0 spiro atoms. The number of hydrogen-bond acceptors (Lipinski definition) is 4. The van der Waals surface area contributed by atoms with Crippen molar-refractivity contribution in [2.75, 3.05) is 39.8 Å². The fourth-order valence-corrected chi connectivity index (χ4v) is 2.32. The highest BCUT2D eigenvalue weighted by molar-refractivity contribution is 5.74. The van der Waals surface area contributed by atoms with Gasteiger partial charge in [0.1, 0.15) is 5.60 Å². The van der Waals surface area contributed by atoms with Crippen molar-refractivity contribution in [1.29, 1.82) is 0 Å². The molecule has 2 unspecified atom stereocenters. The smallest absolute Gasteiger partial charge is 0.410 e. The van der Waals surface area contributed by atoms with Gasteiger partial charge in [-0.3, -0.25) is 0 Å². The van der Waals surface area contributed by atoms with Crippen LogP contribution in [0, 0.1) is 5.92 Å². The van der Waals surface area contributed by atoms with Crippen molar-refractivity contribution in [3.8, 4) is 0 Å². The third-order valence-electron chi connectivity index (χ3n) is 3.42. The topological polar surface area (TPSA) is 71.1 Å². The summed E-state index contributed by atoms with van der Waals surface area (Å²) in [6.07, 6.45) is -0.275. The first kappa shape index (κ1) is 19.5. The van der Waals surface area contributed by atoms with E-state index in [1.54, 1.807) is 16.8 Å². The Labute approximate surface area is 139 Å². The Morgan fingerprint density at radius 2 is 2.09 bits per heavy atom. The number of rotatable bonds is 4. The molecule has 7 heteroatoms. The van der Waals surface area contributed by atoms with Gasteiger partial charge in [-0.05, 0) is 33.6 Å². The molecule has 3 amide bonds. The van der Waals surface area contributed by atoms with Crippen LogP contribution in [0.1, 0.15) is 34.6 Å². The first-order valence-corrected chi connectivity index (χ1v) is 8.17. The lowest BCUT2D eigenvalue weighted by atomic mass is 10.1. The second-order valence-corrected chi connectivity index (χ2v) is 7.28. The van der Waals surface area contributed by atoms with E-state index in [9.17, 15) is 9.59 Å². The Morgan fingerprint density at radius 1 is 1.43 bits per heavy atom. The van der Waals surface area contributed by atoms with E-state index in [1.165, 1.54) is 0 Å². The fourth-order valence-electron chi connectivity index (χ4n) is 2.32. The molecule has 134 valence electrons. The van der Waals surface area contributed by atoms with Gasteiger partial charge in [0.15, 0.2) is 0 Å². The first-order valence-electron chi connectivity index (χ1n) is 8.17. The normalized spacial score (nSPS) is 19.9. The standard InChI is InChI=1S/C16H31N3O4/c1-12(10-18(6)15(21)23-16(3,4)5)9-17-14(20)19-7-8-22-13(2)11-19/h12-13H,7-11H2,1-6H3,(H,17,20). The monoisotopic (exact) mass is 329 g/mol. The molecule has 0 radical (unpaired) electrons. The van der Waals surface area contributed by atoms with Gasteiger partial charge in [-0.15, -0.1) is 0 Å². The lowest BCUT2D eigenvalue weighted by Crippen LogP contribution is -2.50. The molecule has 2 atom stereocenters. The van der Waals surface area contributed by atoms with Gasteiger partial charge < -0.3 is 24.6 Å². The van der Waals surface area contributed by atoms with Gasteiger partial charge in [-0.1, -0.05) is 6.92 Å². The third kappa shape index (κ3) is 7.54. The van der Waals surface area contributed by atoms with Crippen LogP contribution < -0.4 is 5.32 Å². The van der Waals surface area contributed by atoms with Crippen LogP contribution in [-0.4, -0.2) is 73.5 Å².